The highest BCUT2D eigenvalue weighted by Crippen LogP contribution is 2.15. The number of sulfone groups is 1. The average Bonchev–Trinajstić information content (AvgIpc) is 2.43. The molecular weight excluding hydrogens is 306 g/mol. The molecule has 0 saturated heterocycles. The van der Waals surface area contributed by atoms with Gasteiger partial charge in [-0.15, -0.1) is 0 Å². The SMILES string of the molecule is CC(C)[C@H](N)C(=O)NCC(=O)Nc1cccc(S(C)(=O)=O)c1. The number of hydrogen-bond acceptors (Lipinski definition) is 5. The fraction of sp³-hybridized carbons (Fsp3) is 0.429. The fourth-order valence-electron chi connectivity index (χ4n) is 1.60. The van der Waals surface area contributed by atoms with Gasteiger partial charge in [-0.25, -0.2) is 8.42 Å². The van der Waals surface area contributed by atoms with E-state index in [1.165, 1.54) is 18.2 Å². The van der Waals surface area contributed by atoms with Crippen LogP contribution in [0, 0.1) is 5.92 Å². The molecule has 4 N–H and O–H groups in total. The van der Waals surface area contributed by atoms with Crippen LogP contribution in [-0.2, 0) is 19.4 Å². The molecule has 1 atom stereocenters. The first-order valence-electron chi connectivity index (χ1n) is 6.74. The van der Waals surface area contributed by atoms with Crippen molar-refractivity contribution in [1.82, 2.24) is 5.32 Å². The first kappa shape index (κ1) is 18.1. The number of carbonyl (C=O) groups is 2. The van der Waals surface area contributed by atoms with Crippen LogP contribution in [0.2, 0.25) is 0 Å². The minimum absolute atomic E-state index is 0.0329. The first-order valence-corrected chi connectivity index (χ1v) is 8.63. The molecule has 1 rings (SSSR count). The van der Waals surface area contributed by atoms with E-state index in [1.54, 1.807) is 19.9 Å². The molecule has 0 spiro atoms. The summed E-state index contributed by atoms with van der Waals surface area (Å²) in [5, 5.41) is 4.95. The van der Waals surface area contributed by atoms with Crippen molar-refractivity contribution in [3.63, 3.8) is 0 Å². The van der Waals surface area contributed by atoms with Crippen molar-refractivity contribution < 1.29 is 18.0 Å². The highest BCUT2D eigenvalue weighted by molar-refractivity contribution is 7.90. The lowest BCUT2D eigenvalue weighted by Crippen LogP contribution is -2.46. The maximum atomic E-state index is 11.8. The zero-order chi connectivity index (χ0) is 16.9. The largest absolute Gasteiger partial charge is 0.346 e. The van der Waals surface area contributed by atoms with E-state index < -0.39 is 27.7 Å². The number of nitrogens with one attached hydrogen (secondary N) is 2. The Labute approximate surface area is 130 Å². The van der Waals surface area contributed by atoms with E-state index in [-0.39, 0.29) is 17.4 Å². The lowest BCUT2D eigenvalue weighted by atomic mass is 10.1. The molecule has 0 unspecified atom stereocenters. The van der Waals surface area contributed by atoms with Crippen LogP contribution >= 0.6 is 0 Å². The summed E-state index contributed by atoms with van der Waals surface area (Å²) in [7, 11) is -3.35. The van der Waals surface area contributed by atoms with Crippen LogP contribution in [0.15, 0.2) is 29.2 Å². The van der Waals surface area contributed by atoms with E-state index >= 15 is 0 Å². The summed E-state index contributed by atoms with van der Waals surface area (Å²) < 4.78 is 22.9. The molecular formula is C14H21N3O4S. The van der Waals surface area contributed by atoms with Crippen molar-refractivity contribution >= 4 is 27.3 Å². The standard InChI is InChI=1S/C14H21N3O4S/c1-9(2)13(15)14(19)16-8-12(18)17-10-5-4-6-11(7-10)22(3,20)21/h4-7,9,13H,8,15H2,1-3H3,(H,16,19)(H,17,18)/t13-/m0/s1. The number of nitrogens with two attached hydrogens (primary N) is 1. The molecule has 122 valence electrons. The number of anilines is 1. The lowest BCUT2D eigenvalue weighted by Gasteiger charge is -2.15. The Balaban J connectivity index is 2.61. The van der Waals surface area contributed by atoms with Crippen molar-refractivity contribution in [1.29, 1.82) is 0 Å². The van der Waals surface area contributed by atoms with Crippen molar-refractivity contribution in [2.24, 2.45) is 11.7 Å². The van der Waals surface area contributed by atoms with Crippen LogP contribution in [0.5, 0.6) is 0 Å². The second kappa shape index (κ2) is 7.37. The summed E-state index contributed by atoms with van der Waals surface area (Å²) >= 11 is 0. The lowest BCUT2D eigenvalue weighted by molar-refractivity contribution is -0.125. The molecule has 1 aromatic rings. The topological polar surface area (TPSA) is 118 Å². The maximum Gasteiger partial charge on any atom is 0.243 e. The van der Waals surface area contributed by atoms with Gasteiger partial charge in [0.05, 0.1) is 17.5 Å². The molecule has 0 fully saturated rings. The van der Waals surface area contributed by atoms with Gasteiger partial charge in [0.25, 0.3) is 0 Å². The first-order chi connectivity index (χ1) is 10.1. The molecule has 1 aromatic carbocycles. The predicted molar refractivity (Wildman–Crippen MR) is 84.0 cm³/mol. The minimum Gasteiger partial charge on any atom is -0.346 e. The number of amides is 2. The summed E-state index contributed by atoms with van der Waals surface area (Å²) in [6.45, 7) is 3.38. The van der Waals surface area contributed by atoms with Crippen LogP contribution in [0.25, 0.3) is 0 Å². The van der Waals surface area contributed by atoms with Gasteiger partial charge in [-0.1, -0.05) is 19.9 Å². The van der Waals surface area contributed by atoms with Crippen LogP contribution in [0.3, 0.4) is 0 Å². The molecule has 0 aliphatic carbocycles. The molecule has 7 nitrogen and oxygen atoms in total. The number of rotatable bonds is 6. The van der Waals surface area contributed by atoms with E-state index in [4.69, 9.17) is 5.73 Å². The molecule has 0 saturated carbocycles. The second-order valence-corrected chi connectivity index (χ2v) is 7.35. The Morgan fingerprint density at radius 3 is 2.45 bits per heavy atom. The quantitative estimate of drug-likeness (QED) is 0.686. The van der Waals surface area contributed by atoms with Gasteiger partial charge >= 0.3 is 0 Å². The maximum absolute atomic E-state index is 11.8. The van der Waals surface area contributed by atoms with Crippen molar-refractivity contribution in [2.75, 3.05) is 18.1 Å². The third kappa shape index (κ3) is 5.45. The Hall–Kier alpha value is -1.93. The van der Waals surface area contributed by atoms with Gasteiger partial charge in [-0.05, 0) is 24.1 Å². The van der Waals surface area contributed by atoms with E-state index in [2.05, 4.69) is 10.6 Å². The van der Waals surface area contributed by atoms with Gasteiger partial charge in [0.2, 0.25) is 11.8 Å². The summed E-state index contributed by atoms with van der Waals surface area (Å²) in [5.41, 5.74) is 6.00. The van der Waals surface area contributed by atoms with Crippen LogP contribution in [-0.4, -0.2) is 39.1 Å². The van der Waals surface area contributed by atoms with Crippen LogP contribution in [0.4, 0.5) is 5.69 Å². The molecule has 22 heavy (non-hydrogen) atoms. The van der Waals surface area contributed by atoms with Crippen LogP contribution < -0.4 is 16.4 Å². The monoisotopic (exact) mass is 327 g/mol. The van der Waals surface area contributed by atoms with Crippen molar-refractivity contribution in [3.8, 4) is 0 Å². The molecule has 0 heterocycles. The Kier molecular flexibility index (Phi) is 6.07. The smallest absolute Gasteiger partial charge is 0.243 e. The van der Waals surface area contributed by atoms with Gasteiger partial charge in [0.1, 0.15) is 0 Å². The third-order valence-corrected chi connectivity index (χ3v) is 4.10. The van der Waals surface area contributed by atoms with Crippen molar-refractivity contribution in [3.05, 3.63) is 24.3 Å². The van der Waals surface area contributed by atoms with Gasteiger partial charge in [0, 0.05) is 11.9 Å². The fourth-order valence-corrected chi connectivity index (χ4v) is 2.26. The Morgan fingerprint density at radius 1 is 1.27 bits per heavy atom. The van der Waals surface area contributed by atoms with E-state index in [0.717, 1.165) is 6.26 Å². The highest BCUT2D eigenvalue weighted by Gasteiger charge is 2.17. The average molecular weight is 327 g/mol. The van der Waals surface area contributed by atoms with Crippen LogP contribution in [0.1, 0.15) is 13.8 Å². The van der Waals surface area contributed by atoms with Crippen molar-refractivity contribution in [2.45, 2.75) is 24.8 Å². The molecule has 8 heteroatoms. The predicted octanol–water partition coefficient (Wildman–Crippen LogP) is 0.128. The minimum atomic E-state index is -3.35. The van der Waals surface area contributed by atoms with E-state index in [1.807, 2.05) is 0 Å². The van der Waals surface area contributed by atoms with Gasteiger partial charge < -0.3 is 16.4 Å². The van der Waals surface area contributed by atoms with E-state index in [0.29, 0.717) is 5.69 Å². The molecule has 2 amide bonds. The Morgan fingerprint density at radius 2 is 1.91 bits per heavy atom. The number of hydrogen-bond donors (Lipinski definition) is 3. The summed E-state index contributed by atoms with van der Waals surface area (Å²) in [4.78, 5) is 23.5. The molecule has 0 bridgehead atoms. The molecule has 0 aromatic heterocycles. The molecule has 0 aliphatic rings. The summed E-state index contributed by atoms with van der Waals surface area (Å²) in [5.74, 6) is -0.903. The summed E-state index contributed by atoms with van der Waals surface area (Å²) in [6.07, 6.45) is 1.08. The zero-order valence-electron chi connectivity index (χ0n) is 12.8. The van der Waals surface area contributed by atoms with Gasteiger partial charge in [-0.2, -0.15) is 0 Å². The molecule has 0 aliphatic heterocycles. The summed E-state index contributed by atoms with van der Waals surface area (Å²) in [6, 6.07) is 5.21. The normalized spacial score (nSPS) is 12.8. The van der Waals surface area contributed by atoms with Gasteiger partial charge in [0.15, 0.2) is 9.84 Å². The number of carbonyl (C=O) groups excluding carboxylic acids is 2. The third-order valence-electron chi connectivity index (χ3n) is 2.99. The second-order valence-electron chi connectivity index (χ2n) is 5.34. The van der Waals surface area contributed by atoms with Gasteiger partial charge in [-0.3, -0.25) is 9.59 Å². The number of benzene rings is 1. The van der Waals surface area contributed by atoms with E-state index in [9.17, 15) is 18.0 Å². The highest BCUT2D eigenvalue weighted by atomic mass is 32.2. The zero-order valence-corrected chi connectivity index (χ0v) is 13.6. The Bertz CT molecular complexity index is 656. The molecule has 0 radical (unpaired) electrons.